The van der Waals surface area contributed by atoms with Crippen molar-refractivity contribution < 1.29 is 39.2 Å². The number of amides is 1. The number of rotatable bonds is 10. The summed E-state index contributed by atoms with van der Waals surface area (Å²) in [6, 6.07) is 16.6. The van der Waals surface area contributed by atoms with Crippen molar-refractivity contribution in [3.63, 3.8) is 0 Å². The molecule has 364 valence electrons. The second kappa shape index (κ2) is 17.0. The number of aromatic nitrogens is 1. The Morgan fingerprint density at radius 2 is 1.77 bits per heavy atom. The van der Waals surface area contributed by atoms with Gasteiger partial charge in [0.2, 0.25) is 0 Å². The fourth-order valence-corrected chi connectivity index (χ4v) is 14.6. The first kappa shape index (κ1) is 46.9. The van der Waals surface area contributed by atoms with Crippen molar-refractivity contribution in [1.29, 1.82) is 0 Å². The number of piperidine rings is 1. The predicted octanol–water partition coefficient (Wildman–Crippen LogP) is 4.43. The number of hydrogen-bond acceptors (Lipinski definition) is 13. The first-order chi connectivity index (χ1) is 33.2. The molecule has 4 aromatic rings. The number of fused-ring (bicyclic) bond motifs is 6. The van der Waals surface area contributed by atoms with Crippen LogP contribution < -0.4 is 20.7 Å². The molecular formula is C52H63N9O8. The van der Waals surface area contributed by atoms with Gasteiger partial charge >= 0.3 is 5.97 Å². The normalized spacial score (nSPS) is 33.2. The van der Waals surface area contributed by atoms with E-state index in [-0.39, 0.29) is 31.5 Å². The molecule has 2 unspecified atom stereocenters. The van der Waals surface area contributed by atoms with Crippen molar-refractivity contribution in [1.82, 2.24) is 19.7 Å². The third kappa shape index (κ3) is 6.44. The van der Waals surface area contributed by atoms with E-state index in [9.17, 15) is 25.6 Å². The smallest absolute Gasteiger partial charge is 0.322 e. The maximum Gasteiger partial charge on any atom is 0.322 e. The standard InChI is InChI=1S/C52H63N9O8/c1-6-48(66)27-31-28-51(47(65)69-5,41-35(17-23-59(29-31)30-48)34-11-8-9-12-38(34)61(41)42(62)32-13-15-33(16-14-32)56-57-54)37-25-36-39(26-40(37)68-4)58(3)44-50(36)19-24-60-22-10-18-49(7-2,43(50)60)45(63)52(44,67)46(64)55-21-20-53/h8-16,18,25-26,31,43-45,63,66-67H,6-7,17,19-24,27-30,53H2,1-5H3,(H,55,64)/t31-,43+,44-,45-,48+,49-,50?,51+,52+/m1/s1. The minimum Gasteiger partial charge on any atom is -0.496 e. The molecule has 0 radical (unpaired) electrons. The van der Waals surface area contributed by atoms with E-state index < -0.39 is 57.4 Å². The molecule has 3 fully saturated rings. The molecule has 1 amide bonds. The SMILES string of the molecule is CC[C@]1(O)C[C@H]2CN(CCc3c(n(C(=O)c4ccc(N=[N+]=[N-])cc4)c4ccccc34)[C@@](C(=O)OC)(c3cc4c(cc3OC)N(C)[C@@H]3C45CCN4CC=C[C@](CC)([C@H]45)[C@@H](O)[C@]3(O)C(=O)NCCN)C2)C1. The molecule has 6 aliphatic rings. The van der Waals surface area contributed by atoms with Crippen molar-refractivity contribution in [2.75, 3.05) is 72.0 Å². The van der Waals surface area contributed by atoms with Crippen LogP contribution in [0.25, 0.3) is 21.3 Å². The first-order valence-electron chi connectivity index (χ1n) is 24.3. The van der Waals surface area contributed by atoms with Crippen molar-refractivity contribution in [2.45, 2.75) is 92.6 Å². The summed E-state index contributed by atoms with van der Waals surface area (Å²) < 4.78 is 14.2. The fourth-order valence-electron chi connectivity index (χ4n) is 14.6. The lowest BCUT2D eigenvalue weighted by Crippen LogP contribution is -2.81. The Kier molecular flexibility index (Phi) is 11.5. The number of nitrogens with one attached hydrogen (secondary N) is 1. The molecule has 1 aliphatic carbocycles. The van der Waals surface area contributed by atoms with Crippen molar-refractivity contribution in [2.24, 2.45) is 22.2 Å². The highest BCUT2D eigenvalue weighted by molar-refractivity contribution is 6.06. The van der Waals surface area contributed by atoms with Crippen molar-refractivity contribution in [3.05, 3.63) is 111 Å². The zero-order valence-corrected chi connectivity index (χ0v) is 40.0. The summed E-state index contributed by atoms with van der Waals surface area (Å²) in [5.74, 6) is -1.71. The number of hydrogen-bond donors (Lipinski definition) is 5. The van der Waals surface area contributed by atoms with Gasteiger partial charge in [-0.05, 0) is 91.9 Å². The lowest BCUT2D eigenvalue weighted by atomic mass is 9.47. The quantitative estimate of drug-likeness (QED) is 0.0489. The number of anilines is 1. The summed E-state index contributed by atoms with van der Waals surface area (Å²) >= 11 is 0. The highest BCUT2D eigenvalue weighted by Crippen LogP contribution is 2.67. The van der Waals surface area contributed by atoms with Gasteiger partial charge in [-0.3, -0.25) is 28.8 Å². The lowest BCUT2D eigenvalue weighted by molar-refractivity contribution is -0.203. The highest BCUT2D eigenvalue weighted by Gasteiger charge is 2.78. The van der Waals surface area contributed by atoms with Crippen LogP contribution >= 0.6 is 0 Å². The van der Waals surface area contributed by atoms with Crippen LogP contribution in [0, 0.1) is 11.3 Å². The maximum atomic E-state index is 16.0. The molecule has 6 heterocycles. The number of methoxy groups -OCH3 is 2. The number of esters is 1. The molecule has 17 heteroatoms. The monoisotopic (exact) mass is 941 g/mol. The fraction of sp³-hybridized carbons (Fsp3) is 0.519. The Balaban J connectivity index is 1.31. The molecule has 3 aromatic carbocycles. The zero-order chi connectivity index (χ0) is 48.8. The Morgan fingerprint density at radius 1 is 1.00 bits per heavy atom. The van der Waals surface area contributed by atoms with Gasteiger partial charge in [-0.2, -0.15) is 0 Å². The average molecular weight is 942 g/mol. The van der Waals surface area contributed by atoms with Gasteiger partial charge in [0.15, 0.2) is 5.60 Å². The van der Waals surface area contributed by atoms with Gasteiger partial charge in [-0.25, -0.2) is 0 Å². The minimum absolute atomic E-state index is 0.0904. The number of nitrogens with zero attached hydrogens (tertiary/aromatic N) is 7. The summed E-state index contributed by atoms with van der Waals surface area (Å²) in [5, 5.41) is 45.7. The zero-order valence-electron chi connectivity index (χ0n) is 40.0. The maximum absolute atomic E-state index is 16.0. The first-order valence-corrected chi connectivity index (χ1v) is 24.3. The van der Waals surface area contributed by atoms with Gasteiger partial charge in [0.25, 0.3) is 11.8 Å². The number of carbonyl (C=O) groups is 3. The summed E-state index contributed by atoms with van der Waals surface area (Å²) in [5.41, 5.74) is 12.2. The topological polar surface area (TPSA) is 232 Å². The number of carbonyl (C=O) groups excluding carboxylic acids is 3. The van der Waals surface area contributed by atoms with Crippen LogP contribution in [0.5, 0.6) is 5.75 Å². The number of likely N-dealkylation sites (N-methyl/N-ethyl adjacent to an activating group) is 1. The van der Waals surface area contributed by atoms with Crippen LogP contribution in [-0.2, 0) is 31.6 Å². The van der Waals surface area contributed by atoms with Gasteiger partial charge in [0.05, 0.1) is 37.1 Å². The number of ether oxygens (including phenoxy) is 2. The van der Waals surface area contributed by atoms with Gasteiger partial charge < -0.3 is 40.7 Å². The summed E-state index contributed by atoms with van der Waals surface area (Å²) in [4.78, 5) is 55.7. The van der Waals surface area contributed by atoms with Gasteiger partial charge in [0, 0.05) is 102 Å². The summed E-state index contributed by atoms with van der Waals surface area (Å²) in [6.45, 7) is 6.96. The molecule has 6 N–H and O–H groups in total. The third-order valence-electron chi connectivity index (χ3n) is 17.3. The van der Waals surface area contributed by atoms with E-state index in [0.29, 0.717) is 104 Å². The lowest BCUT2D eigenvalue weighted by Gasteiger charge is -2.63. The van der Waals surface area contributed by atoms with Gasteiger partial charge in [-0.15, -0.1) is 0 Å². The number of para-hydroxylation sites is 1. The molecule has 1 aromatic heterocycles. The average Bonchev–Trinajstić information content (AvgIpc) is 4.01. The number of aliphatic hydroxyl groups excluding tert-OH is 1. The number of azide groups is 1. The number of nitrogens with two attached hydrogens (primary N) is 1. The van der Waals surface area contributed by atoms with E-state index in [1.165, 1.54) is 7.11 Å². The van der Waals surface area contributed by atoms with Crippen molar-refractivity contribution >= 4 is 40.1 Å². The number of aliphatic hydroxyl groups is 3. The predicted molar refractivity (Wildman–Crippen MR) is 260 cm³/mol. The highest BCUT2D eigenvalue weighted by atomic mass is 16.5. The minimum atomic E-state index is -2.34. The summed E-state index contributed by atoms with van der Waals surface area (Å²) in [7, 11) is 4.74. The summed E-state index contributed by atoms with van der Waals surface area (Å²) in [6.07, 6.45) is 4.85. The molecule has 1 spiro atoms. The van der Waals surface area contributed by atoms with Gasteiger partial charge in [0.1, 0.15) is 17.3 Å². The molecule has 2 bridgehead atoms. The Morgan fingerprint density at radius 3 is 2.46 bits per heavy atom. The van der Waals surface area contributed by atoms with E-state index in [0.717, 1.165) is 16.5 Å². The van der Waals surface area contributed by atoms with E-state index in [1.807, 2.05) is 74.3 Å². The Labute approximate surface area is 401 Å². The number of benzene rings is 3. The molecule has 1 saturated carbocycles. The van der Waals surface area contributed by atoms with Crippen LogP contribution in [0.15, 0.2) is 77.9 Å². The van der Waals surface area contributed by atoms with E-state index in [2.05, 4.69) is 25.1 Å². The van der Waals surface area contributed by atoms with E-state index in [4.69, 9.17) is 15.2 Å². The molecule has 10 rings (SSSR count). The van der Waals surface area contributed by atoms with Crippen LogP contribution in [0.1, 0.15) is 78.7 Å². The molecule has 5 aliphatic heterocycles. The molecule has 17 nitrogen and oxygen atoms in total. The Hall–Kier alpha value is -5.78. The third-order valence-corrected chi connectivity index (χ3v) is 17.3. The molecule has 69 heavy (non-hydrogen) atoms. The van der Waals surface area contributed by atoms with Crippen LogP contribution in [0.4, 0.5) is 11.4 Å². The van der Waals surface area contributed by atoms with Crippen LogP contribution in [0.3, 0.4) is 0 Å². The second-order valence-electron chi connectivity index (χ2n) is 20.4. The molecular weight excluding hydrogens is 879 g/mol. The van der Waals surface area contributed by atoms with Crippen LogP contribution in [0.2, 0.25) is 0 Å². The van der Waals surface area contributed by atoms with Crippen LogP contribution in [-0.4, -0.2) is 144 Å². The Bertz CT molecular complexity index is 2830. The largest absolute Gasteiger partial charge is 0.496 e. The van der Waals surface area contributed by atoms with E-state index in [1.54, 1.807) is 35.9 Å². The second-order valence-corrected chi connectivity index (χ2v) is 20.4. The molecule has 2 saturated heterocycles. The molecule has 10 atom stereocenters. The van der Waals surface area contributed by atoms with Gasteiger partial charge in [-0.1, -0.05) is 61.4 Å². The van der Waals surface area contributed by atoms with Crippen molar-refractivity contribution in [3.8, 4) is 5.75 Å². The van der Waals surface area contributed by atoms with E-state index >= 15 is 9.59 Å².